The predicted octanol–water partition coefficient (Wildman–Crippen LogP) is 4.98. The summed E-state index contributed by atoms with van der Waals surface area (Å²) in [4.78, 5) is 29.0. The van der Waals surface area contributed by atoms with Crippen LogP contribution in [0.1, 0.15) is 20.7 Å². The highest BCUT2D eigenvalue weighted by molar-refractivity contribution is 7.99. The van der Waals surface area contributed by atoms with Gasteiger partial charge in [-0.3, -0.25) is 9.59 Å². The minimum atomic E-state index is -0.968. The number of fused-ring (bicyclic) bond motifs is 2. The molecule has 1 heterocycles. The molecule has 1 N–H and O–H groups in total. The zero-order chi connectivity index (χ0) is 23.5. The van der Waals surface area contributed by atoms with Crippen LogP contribution in [-0.2, 0) is 4.74 Å². The summed E-state index contributed by atoms with van der Waals surface area (Å²) in [6, 6.07) is 14.2. The van der Waals surface area contributed by atoms with E-state index < -0.39 is 23.3 Å². The van der Waals surface area contributed by atoms with E-state index in [4.69, 9.17) is 4.74 Å². The Morgan fingerprint density at radius 2 is 1.76 bits per heavy atom. The molecule has 0 atom stereocenters. The fourth-order valence-electron chi connectivity index (χ4n) is 3.50. The third kappa shape index (κ3) is 4.55. The molecule has 0 saturated heterocycles. The van der Waals surface area contributed by atoms with Crippen molar-refractivity contribution in [3.8, 4) is 5.75 Å². The molecule has 1 aliphatic heterocycles. The summed E-state index contributed by atoms with van der Waals surface area (Å²) in [5.41, 5.74) is 1.49. The average Bonchev–Trinajstić information content (AvgIpc) is 2.91. The number of methoxy groups -OCH3 is 2. The van der Waals surface area contributed by atoms with Crippen LogP contribution in [0, 0.1) is 11.6 Å². The molecule has 0 aliphatic carbocycles. The number of hydrogen-bond acceptors (Lipinski definition) is 5. The number of hydrogen-bond donors (Lipinski definition) is 1. The molecule has 4 rings (SSSR count). The lowest BCUT2D eigenvalue weighted by Crippen LogP contribution is -2.33. The molecule has 6 nitrogen and oxygen atoms in total. The highest BCUT2D eigenvalue weighted by Gasteiger charge is 2.27. The third-order valence-electron chi connectivity index (χ3n) is 5.07. The van der Waals surface area contributed by atoms with Gasteiger partial charge in [0.2, 0.25) is 0 Å². The predicted molar refractivity (Wildman–Crippen MR) is 121 cm³/mol. The van der Waals surface area contributed by atoms with Gasteiger partial charge in [-0.25, -0.2) is 8.78 Å². The van der Waals surface area contributed by atoms with Crippen molar-refractivity contribution in [3.05, 3.63) is 77.4 Å². The second kappa shape index (κ2) is 9.60. The summed E-state index contributed by atoms with van der Waals surface area (Å²) in [6.45, 7) is 0.707. The molecule has 0 aromatic heterocycles. The molecule has 2 amide bonds. The molecule has 3 aromatic carbocycles. The van der Waals surface area contributed by atoms with Gasteiger partial charge in [0.15, 0.2) is 17.4 Å². The van der Waals surface area contributed by atoms with Crippen LogP contribution < -0.4 is 15.0 Å². The van der Waals surface area contributed by atoms with Crippen LogP contribution in [0.25, 0.3) is 0 Å². The summed E-state index contributed by atoms with van der Waals surface area (Å²) in [5, 5.41) is 2.66. The Hall–Kier alpha value is -3.43. The van der Waals surface area contributed by atoms with E-state index in [1.165, 1.54) is 11.8 Å². The van der Waals surface area contributed by atoms with E-state index in [1.54, 1.807) is 42.3 Å². The van der Waals surface area contributed by atoms with Crippen LogP contribution in [0.4, 0.5) is 20.2 Å². The van der Waals surface area contributed by atoms with Crippen molar-refractivity contribution in [1.29, 1.82) is 0 Å². The summed E-state index contributed by atoms with van der Waals surface area (Å²) < 4.78 is 37.8. The van der Waals surface area contributed by atoms with Crippen LogP contribution >= 0.6 is 11.8 Å². The topological polar surface area (TPSA) is 67.9 Å². The first kappa shape index (κ1) is 22.8. The van der Waals surface area contributed by atoms with Gasteiger partial charge >= 0.3 is 0 Å². The second-order valence-corrected chi connectivity index (χ2v) is 8.24. The van der Waals surface area contributed by atoms with Crippen molar-refractivity contribution < 1.29 is 27.8 Å². The lowest BCUT2D eigenvalue weighted by molar-refractivity contribution is 0.0972. The monoisotopic (exact) mass is 470 g/mol. The Morgan fingerprint density at radius 1 is 1.03 bits per heavy atom. The van der Waals surface area contributed by atoms with Crippen LogP contribution in [0.3, 0.4) is 0 Å². The van der Waals surface area contributed by atoms with E-state index in [9.17, 15) is 18.4 Å². The zero-order valence-corrected chi connectivity index (χ0v) is 18.7. The quantitative estimate of drug-likeness (QED) is 0.550. The number of carbonyl (C=O) groups excluding carboxylic acids is 2. The van der Waals surface area contributed by atoms with Gasteiger partial charge < -0.3 is 19.7 Å². The molecule has 0 bridgehead atoms. The molecule has 170 valence electrons. The standard InChI is InChI=1S/C24H20F2N2O4S/c1-31-10-9-28-19-8-7-15(13-21(19)33-20-6-4-3-5-16(20)24(28)30)27-23(29)14-11-17(25)22(32-2)18(26)12-14/h3-8,11-13H,9-10H2,1-2H3,(H,27,29). The highest BCUT2D eigenvalue weighted by Crippen LogP contribution is 2.42. The molecule has 9 heteroatoms. The van der Waals surface area contributed by atoms with E-state index in [2.05, 4.69) is 10.1 Å². The normalized spacial score (nSPS) is 12.6. The number of anilines is 2. The highest BCUT2D eigenvalue weighted by atomic mass is 32.2. The average molecular weight is 470 g/mol. The Morgan fingerprint density at radius 3 is 2.45 bits per heavy atom. The summed E-state index contributed by atoms with van der Waals surface area (Å²) in [7, 11) is 2.71. The van der Waals surface area contributed by atoms with Crippen LogP contribution in [0.5, 0.6) is 5.75 Å². The van der Waals surface area contributed by atoms with Crippen LogP contribution in [-0.4, -0.2) is 39.2 Å². The van der Waals surface area contributed by atoms with Gasteiger partial charge in [0.25, 0.3) is 11.8 Å². The van der Waals surface area contributed by atoms with Crippen molar-refractivity contribution >= 4 is 35.0 Å². The molecule has 0 radical (unpaired) electrons. The molecule has 3 aromatic rings. The molecular formula is C24H20F2N2O4S. The smallest absolute Gasteiger partial charge is 0.259 e. The molecule has 1 aliphatic rings. The van der Waals surface area contributed by atoms with Gasteiger partial charge in [-0.1, -0.05) is 23.9 Å². The van der Waals surface area contributed by atoms with Gasteiger partial charge in [-0.2, -0.15) is 0 Å². The number of ether oxygens (including phenoxy) is 2. The first-order valence-electron chi connectivity index (χ1n) is 9.99. The summed E-state index contributed by atoms with van der Waals surface area (Å²) in [5.74, 6) is -3.31. The number of nitrogens with zero attached hydrogens (tertiary/aromatic N) is 1. The van der Waals surface area contributed by atoms with Gasteiger partial charge in [-0.05, 0) is 42.5 Å². The number of benzene rings is 3. The SMILES string of the molecule is COCCN1C(=O)c2ccccc2Sc2cc(NC(=O)c3cc(F)c(OC)c(F)c3)ccc21. The molecular weight excluding hydrogens is 450 g/mol. The molecule has 0 unspecified atom stereocenters. The van der Waals surface area contributed by atoms with Crippen LogP contribution in [0.2, 0.25) is 0 Å². The van der Waals surface area contributed by atoms with Gasteiger partial charge in [-0.15, -0.1) is 0 Å². The first-order valence-corrected chi connectivity index (χ1v) is 10.8. The second-order valence-electron chi connectivity index (χ2n) is 7.16. The maximum Gasteiger partial charge on any atom is 0.259 e. The van der Waals surface area contributed by atoms with E-state index in [1.807, 2.05) is 12.1 Å². The van der Waals surface area contributed by atoms with Crippen LogP contribution in [0.15, 0.2) is 64.4 Å². The lowest BCUT2D eigenvalue weighted by Gasteiger charge is -2.23. The summed E-state index contributed by atoms with van der Waals surface area (Å²) in [6.07, 6.45) is 0. The van der Waals surface area contributed by atoms with Crippen molar-refractivity contribution in [2.45, 2.75) is 9.79 Å². The maximum atomic E-state index is 14.0. The minimum absolute atomic E-state index is 0.144. The Balaban J connectivity index is 1.67. The fraction of sp³-hybridized carbons (Fsp3) is 0.167. The minimum Gasteiger partial charge on any atom is -0.491 e. The van der Waals surface area contributed by atoms with Gasteiger partial charge in [0.05, 0.1) is 25.0 Å². The van der Waals surface area contributed by atoms with Crippen molar-refractivity contribution in [2.24, 2.45) is 0 Å². The zero-order valence-electron chi connectivity index (χ0n) is 17.9. The Labute approximate surface area is 193 Å². The molecule has 0 saturated carbocycles. The maximum absolute atomic E-state index is 14.0. The van der Waals surface area contributed by atoms with E-state index >= 15 is 0 Å². The van der Waals surface area contributed by atoms with E-state index in [0.717, 1.165) is 29.0 Å². The molecule has 33 heavy (non-hydrogen) atoms. The fourth-order valence-corrected chi connectivity index (χ4v) is 4.61. The number of rotatable bonds is 6. The third-order valence-corrected chi connectivity index (χ3v) is 6.20. The van der Waals surface area contributed by atoms with Gasteiger partial charge in [0.1, 0.15) is 0 Å². The number of amides is 2. The summed E-state index contributed by atoms with van der Waals surface area (Å²) >= 11 is 1.40. The van der Waals surface area contributed by atoms with E-state index in [0.29, 0.717) is 30.1 Å². The van der Waals surface area contributed by atoms with Crippen molar-refractivity contribution in [2.75, 3.05) is 37.6 Å². The number of nitrogens with one attached hydrogen (secondary N) is 1. The van der Waals surface area contributed by atoms with Crippen molar-refractivity contribution in [1.82, 2.24) is 0 Å². The Kier molecular flexibility index (Phi) is 6.62. The first-order chi connectivity index (χ1) is 15.9. The van der Waals surface area contributed by atoms with Crippen molar-refractivity contribution in [3.63, 3.8) is 0 Å². The Bertz CT molecular complexity index is 1210. The number of carbonyl (C=O) groups is 2. The number of halogens is 2. The molecule has 0 spiro atoms. The van der Waals surface area contributed by atoms with Gasteiger partial charge in [0, 0.05) is 34.7 Å². The molecule has 0 fully saturated rings. The lowest BCUT2D eigenvalue weighted by atomic mass is 10.1. The van der Waals surface area contributed by atoms with E-state index in [-0.39, 0.29) is 11.5 Å². The largest absolute Gasteiger partial charge is 0.491 e.